The SMILES string of the molecule is CCN(CC)CCCNC(=O)c1ccc(Nc2cccc(C(=O)Nc3ccncn3)c2)cn1. The number of carbonyl (C=O) groups excluding carboxylic acids is 2. The maximum Gasteiger partial charge on any atom is 0.269 e. The topological polar surface area (TPSA) is 112 Å². The van der Waals surface area contributed by atoms with E-state index in [-0.39, 0.29) is 11.8 Å². The van der Waals surface area contributed by atoms with Crippen LogP contribution in [0.25, 0.3) is 0 Å². The molecule has 3 rings (SSSR count). The average Bonchev–Trinajstić information content (AvgIpc) is 2.85. The molecule has 33 heavy (non-hydrogen) atoms. The molecule has 2 heterocycles. The van der Waals surface area contributed by atoms with Crippen molar-refractivity contribution in [2.45, 2.75) is 20.3 Å². The molecular weight excluding hydrogens is 418 g/mol. The summed E-state index contributed by atoms with van der Waals surface area (Å²) < 4.78 is 0. The summed E-state index contributed by atoms with van der Waals surface area (Å²) in [5.41, 5.74) is 2.27. The second kappa shape index (κ2) is 12.3. The number of hydrogen-bond donors (Lipinski definition) is 3. The average molecular weight is 448 g/mol. The van der Waals surface area contributed by atoms with Crippen LogP contribution >= 0.6 is 0 Å². The fourth-order valence-corrected chi connectivity index (χ4v) is 3.20. The molecule has 0 fully saturated rings. The monoisotopic (exact) mass is 447 g/mol. The molecule has 0 unspecified atom stereocenters. The first kappa shape index (κ1) is 23.8. The molecule has 0 aliphatic rings. The quantitative estimate of drug-likeness (QED) is 0.387. The first-order chi connectivity index (χ1) is 16.1. The zero-order valence-corrected chi connectivity index (χ0v) is 18.9. The van der Waals surface area contributed by atoms with Crippen molar-refractivity contribution in [3.8, 4) is 0 Å². The van der Waals surface area contributed by atoms with Crippen LogP contribution in [0.3, 0.4) is 0 Å². The Morgan fingerprint density at radius 2 is 1.82 bits per heavy atom. The van der Waals surface area contributed by atoms with Crippen LogP contribution in [-0.4, -0.2) is 57.8 Å². The smallest absolute Gasteiger partial charge is 0.269 e. The first-order valence-electron chi connectivity index (χ1n) is 11.0. The lowest BCUT2D eigenvalue weighted by Gasteiger charge is -2.17. The molecule has 0 saturated carbocycles. The minimum atomic E-state index is -0.275. The summed E-state index contributed by atoms with van der Waals surface area (Å²) in [6.45, 7) is 7.85. The maximum atomic E-state index is 12.5. The highest BCUT2D eigenvalue weighted by Crippen LogP contribution is 2.18. The van der Waals surface area contributed by atoms with E-state index in [2.05, 4.69) is 49.6 Å². The van der Waals surface area contributed by atoms with Crippen molar-refractivity contribution >= 4 is 29.0 Å². The summed E-state index contributed by atoms with van der Waals surface area (Å²) in [6, 6.07) is 12.1. The number of amides is 2. The van der Waals surface area contributed by atoms with Gasteiger partial charge in [-0.15, -0.1) is 0 Å². The van der Waals surface area contributed by atoms with Gasteiger partial charge in [-0.25, -0.2) is 15.0 Å². The molecule has 0 bridgehead atoms. The van der Waals surface area contributed by atoms with Gasteiger partial charge in [-0.05, 0) is 62.5 Å². The molecule has 1 aromatic carbocycles. The molecule has 9 nitrogen and oxygen atoms in total. The van der Waals surface area contributed by atoms with Crippen LogP contribution in [0.4, 0.5) is 17.2 Å². The summed E-state index contributed by atoms with van der Waals surface area (Å²) in [7, 11) is 0. The van der Waals surface area contributed by atoms with Gasteiger partial charge in [-0.3, -0.25) is 9.59 Å². The highest BCUT2D eigenvalue weighted by atomic mass is 16.2. The van der Waals surface area contributed by atoms with Crippen molar-refractivity contribution in [2.24, 2.45) is 0 Å². The molecule has 3 aromatic rings. The second-order valence-corrected chi connectivity index (χ2v) is 7.32. The van der Waals surface area contributed by atoms with Gasteiger partial charge < -0.3 is 20.9 Å². The van der Waals surface area contributed by atoms with Crippen LogP contribution < -0.4 is 16.0 Å². The van der Waals surface area contributed by atoms with Crippen molar-refractivity contribution in [3.05, 3.63) is 72.4 Å². The minimum absolute atomic E-state index is 0.190. The summed E-state index contributed by atoms with van der Waals surface area (Å²) >= 11 is 0. The number of nitrogens with one attached hydrogen (secondary N) is 3. The summed E-state index contributed by atoms with van der Waals surface area (Å²) in [5, 5.41) is 8.84. The van der Waals surface area contributed by atoms with E-state index in [9.17, 15) is 9.59 Å². The van der Waals surface area contributed by atoms with Crippen LogP contribution in [0.2, 0.25) is 0 Å². The maximum absolute atomic E-state index is 12.5. The normalized spacial score (nSPS) is 10.6. The van der Waals surface area contributed by atoms with Crippen molar-refractivity contribution in [3.63, 3.8) is 0 Å². The highest BCUT2D eigenvalue weighted by molar-refractivity contribution is 6.04. The molecule has 0 saturated heterocycles. The van der Waals surface area contributed by atoms with Crippen molar-refractivity contribution < 1.29 is 9.59 Å². The van der Waals surface area contributed by atoms with Gasteiger partial charge in [0.15, 0.2) is 0 Å². The van der Waals surface area contributed by atoms with Crippen LogP contribution in [0.5, 0.6) is 0 Å². The predicted octanol–water partition coefficient (Wildman–Crippen LogP) is 3.33. The second-order valence-electron chi connectivity index (χ2n) is 7.32. The van der Waals surface area contributed by atoms with Crippen molar-refractivity contribution in [2.75, 3.05) is 36.8 Å². The molecule has 9 heteroatoms. The predicted molar refractivity (Wildman–Crippen MR) is 129 cm³/mol. The first-order valence-corrected chi connectivity index (χ1v) is 11.0. The fraction of sp³-hybridized carbons (Fsp3) is 0.292. The number of nitrogens with zero attached hydrogens (tertiary/aromatic N) is 4. The van der Waals surface area contributed by atoms with Gasteiger partial charge in [0.05, 0.1) is 11.9 Å². The number of pyridine rings is 1. The number of aromatic nitrogens is 3. The zero-order chi connectivity index (χ0) is 23.5. The van der Waals surface area contributed by atoms with Gasteiger partial charge in [-0.1, -0.05) is 19.9 Å². The van der Waals surface area contributed by atoms with Gasteiger partial charge in [0.1, 0.15) is 17.8 Å². The molecule has 0 aliphatic carbocycles. The van der Waals surface area contributed by atoms with Crippen molar-refractivity contribution in [1.29, 1.82) is 0 Å². The third-order valence-corrected chi connectivity index (χ3v) is 5.06. The Hall–Kier alpha value is -3.85. The Balaban J connectivity index is 1.53. The van der Waals surface area contributed by atoms with Gasteiger partial charge in [0.2, 0.25) is 0 Å². The van der Waals surface area contributed by atoms with Gasteiger partial charge in [0, 0.05) is 24.0 Å². The van der Waals surface area contributed by atoms with Gasteiger partial charge in [0.25, 0.3) is 11.8 Å². The lowest BCUT2D eigenvalue weighted by molar-refractivity contribution is 0.0946. The number of rotatable bonds is 11. The standard InChI is InChI=1S/C24H29N7O2/c1-3-31(4-2)14-6-12-26-24(33)21-10-9-20(16-27-21)29-19-8-5-7-18(15-19)23(32)30-22-11-13-25-17-28-22/h5,7-11,13,15-17,29H,3-4,6,12,14H2,1-2H3,(H,26,33)(H,25,28,30,32). The Kier molecular flexibility index (Phi) is 8.84. The Labute approximate surface area is 193 Å². The summed E-state index contributed by atoms with van der Waals surface area (Å²) in [6.07, 6.45) is 5.42. The lowest BCUT2D eigenvalue weighted by atomic mass is 10.2. The Bertz CT molecular complexity index is 1040. The summed E-state index contributed by atoms with van der Waals surface area (Å²) in [4.78, 5) is 39.2. The highest BCUT2D eigenvalue weighted by Gasteiger charge is 2.09. The third kappa shape index (κ3) is 7.36. The molecule has 0 spiro atoms. The van der Waals surface area contributed by atoms with Gasteiger partial charge >= 0.3 is 0 Å². The van der Waals surface area contributed by atoms with E-state index in [0.717, 1.165) is 31.7 Å². The minimum Gasteiger partial charge on any atom is -0.354 e. The molecule has 2 aromatic heterocycles. The fourth-order valence-electron chi connectivity index (χ4n) is 3.20. The van der Waals surface area contributed by atoms with E-state index in [1.165, 1.54) is 6.33 Å². The molecule has 0 radical (unpaired) electrons. The molecule has 0 atom stereocenters. The number of carbonyl (C=O) groups is 2. The Morgan fingerprint density at radius 3 is 2.52 bits per heavy atom. The van der Waals surface area contributed by atoms with E-state index < -0.39 is 0 Å². The molecular formula is C24H29N7O2. The van der Waals surface area contributed by atoms with E-state index in [4.69, 9.17) is 0 Å². The van der Waals surface area contributed by atoms with Crippen molar-refractivity contribution in [1.82, 2.24) is 25.2 Å². The van der Waals surface area contributed by atoms with Crippen LogP contribution in [-0.2, 0) is 0 Å². The van der Waals surface area contributed by atoms with Gasteiger partial charge in [-0.2, -0.15) is 0 Å². The molecule has 3 N–H and O–H groups in total. The summed E-state index contributed by atoms with van der Waals surface area (Å²) in [5.74, 6) is -0.0348. The number of anilines is 3. The van der Waals surface area contributed by atoms with Crippen LogP contribution in [0, 0.1) is 0 Å². The Morgan fingerprint density at radius 1 is 0.970 bits per heavy atom. The van der Waals surface area contributed by atoms with E-state index >= 15 is 0 Å². The van der Waals surface area contributed by atoms with E-state index in [0.29, 0.717) is 29.3 Å². The third-order valence-electron chi connectivity index (χ3n) is 5.06. The van der Waals surface area contributed by atoms with Crippen LogP contribution in [0.15, 0.2) is 61.2 Å². The largest absolute Gasteiger partial charge is 0.354 e. The number of hydrogen-bond acceptors (Lipinski definition) is 7. The van der Waals surface area contributed by atoms with Crippen LogP contribution in [0.1, 0.15) is 41.1 Å². The van der Waals surface area contributed by atoms with E-state index in [1.54, 1.807) is 48.8 Å². The lowest BCUT2D eigenvalue weighted by Crippen LogP contribution is -2.30. The number of benzene rings is 1. The molecule has 172 valence electrons. The van der Waals surface area contributed by atoms with E-state index in [1.807, 2.05) is 6.07 Å². The molecule has 0 aliphatic heterocycles. The zero-order valence-electron chi connectivity index (χ0n) is 18.9. The molecule has 2 amide bonds.